The number of nitrogens with one attached hydrogen (secondary N) is 1. The molecule has 0 unspecified atom stereocenters. The molecule has 1 fully saturated rings. The third-order valence-electron chi connectivity index (χ3n) is 5.57. The van der Waals surface area contributed by atoms with Gasteiger partial charge in [-0.15, -0.1) is 11.3 Å². The molecule has 9 heteroatoms. The molecule has 0 amide bonds. The first kappa shape index (κ1) is 19.3. The minimum atomic E-state index is 0.690. The lowest BCUT2D eigenvalue weighted by molar-refractivity contribution is 0.122. The SMILES string of the molecule is CCN(CC)Cc1nc2nc(-c3cccc4[nH]ncc34)nc(N3CCOCC3)c2s1. The van der Waals surface area contributed by atoms with Crippen LogP contribution in [0.2, 0.25) is 0 Å². The lowest BCUT2D eigenvalue weighted by Gasteiger charge is -2.28. The lowest BCUT2D eigenvalue weighted by atomic mass is 10.1. The topological polar surface area (TPSA) is 83.1 Å². The van der Waals surface area contributed by atoms with Gasteiger partial charge in [0.05, 0.1) is 31.5 Å². The van der Waals surface area contributed by atoms with Crippen molar-refractivity contribution in [2.75, 3.05) is 44.3 Å². The summed E-state index contributed by atoms with van der Waals surface area (Å²) in [6.45, 7) is 10.3. The molecular formula is C21H25N7OS. The number of rotatable bonds is 6. The molecule has 30 heavy (non-hydrogen) atoms. The van der Waals surface area contributed by atoms with Crippen molar-refractivity contribution in [2.45, 2.75) is 20.4 Å². The van der Waals surface area contributed by atoms with E-state index in [1.165, 1.54) is 0 Å². The first-order valence-electron chi connectivity index (χ1n) is 10.4. The van der Waals surface area contributed by atoms with Gasteiger partial charge >= 0.3 is 0 Å². The van der Waals surface area contributed by atoms with Gasteiger partial charge in [0.15, 0.2) is 17.3 Å². The molecule has 0 radical (unpaired) electrons. The van der Waals surface area contributed by atoms with Crippen LogP contribution >= 0.6 is 11.3 Å². The molecule has 0 aliphatic carbocycles. The summed E-state index contributed by atoms with van der Waals surface area (Å²) in [6, 6.07) is 6.06. The Morgan fingerprint density at radius 3 is 2.77 bits per heavy atom. The predicted octanol–water partition coefficient (Wildman–Crippen LogP) is 3.31. The second-order valence-corrected chi connectivity index (χ2v) is 8.41. The standard InChI is InChI=1S/C21H25N7OS/c1-3-27(4-2)13-17-23-20-18(30-17)21(28-8-10-29-11-9-28)25-19(24-20)14-6-5-7-16-15(14)12-22-26-16/h5-7,12H,3-4,8-11,13H2,1-2H3,(H,22,26). The molecule has 8 nitrogen and oxygen atoms in total. The minimum Gasteiger partial charge on any atom is -0.378 e. The quantitative estimate of drug-likeness (QED) is 0.509. The highest BCUT2D eigenvalue weighted by Gasteiger charge is 2.22. The lowest BCUT2D eigenvalue weighted by Crippen LogP contribution is -2.36. The number of H-pyrrole nitrogens is 1. The van der Waals surface area contributed by atoms with Gasteiger partial charge in [-0.2, -0.15) is 5.10 Å². The van der Waals surface area contributed by atoms with Crippen LogP contribution < -0.4 is 4.90 Å². The Morgan fingerprint density at radius 2 is 1.97 bits per heavy atom. The third-order valence-corrected chi connectivity index (χ3v) is 6.60. The molecular weight excluding hydrogens is 398 g/mol. The molecule has 0 bridgehead atoms. The highest BCUT2D eigenvalue weighted by Crippen LogP contribution is 2.34. The summed E-state index contributed by atoms with van der Waals surface area (Å²) in [7, 11) is 0. The van der Waals surface area contributed by atoms with Crippen molar-refractivity contribution in [3.8, 4) is 11.4 Å². The monoisotopic (exact) mass is 423 g/mol. The summed E-state index contributed by atoms with van der Waals surface area (Å²) < 4.78 is 6.62. The molecule has 4 heterocycles. The molecule has 5 rings (SSSR count). The predicted molar refractivity (Wildman–Crippen MR) is 120 cm³/mol. The van der Waals surface area contributed by atoms with Gasteiger partial charge < -0.3 is 9.64 Å². The second kappa shape index (κ2) is 8.25. The van der Waals surface area contributed by atoms with E-state index in [4.69, 9.17) is 19.7 Å². The van der Waals surface area contributed by atoms with Gasteiger partial charge in [0, 0.05) is 24.0 Å². The van der Waals surface area contributed by atoms with Crippen molar-refractivity contribution in [1.29, 1.82) is 0 Å². The van der Waals surface area contributed by atoms with Gasteiger partial charge in [0.1, 0.15) is 9.71 Å². The van der Waals surface area contributed by atoms with E-state index in [1.54, 1.807) is 11.3 Å². The Labute approximate surface area is 178 Å². The van der Waals surface area contributed by atoms with Crippen LogP contribution in [0, 0.1) is 0 Å². The fourth-order valence-electron chi connectivity index (χ4n) is 3.83. The zero-order valence-electron chi connectivity index (χ0n) is 17.3. The van der Waals surface area contributed by atoms with E-state index in [-0.39, 0.29) is 0 Å². The number of hydrogen-bond donors (Lipinski definition) is 1. The van der Waals surface area contributed by atoms with E-state index in [0.29, 0.717) is 19.0 Å². The smallest absolute Gasteiger partial charge is 0.176 e. The van der Waals surface area contributed by atoms with Crippen molar-refractivity contribution >= 4 is 38.4 Å². The molecule has 156 valence electrons. The first-order chi connectivity index (χ1) is 14.8. The van der Waals surface area contributed by atoms with Crippen LogP contribution in [0.1, 0.15) is 18.9 Å². The zero-order valence-corrected chi connectivity index (χ0v) is 18.1. The summed E-state index contributed by atoms with van der Waals surface area (Å²) in [6.07, 6.45) is 1.83. The van der Waals surface area contributed by atoms with E-state index < -0.39 is 0 Å². The highest BCUT2D eigenvalue weighted by molar-refractivity contribution is 7.19. The van der Waals surface area contributed by atoms with Crippen LogP contribution in [0.3, 0.4) is 0 Å². The maximum atomic E-state index is 5.57. The van der Waals surface area contributed by atoms with Crippen LogP contribution in [0.25, 0.3) is 32.6 Å². The maximum absolute atomic E-state index is 5.57. The third kappa shape index (κ3) is 3.53. The van der Waals surface area contributed by atoms with Crippen LogP contribution in [-0.4, -0.2) is 69.4 Å². The van der Waals surface area contributed by atoms with Gasteiger partial charge in [0.25, 0.3) is 0 Å². The number of nitrogens with zero attached hydrogens (tertiary/aromatic N) is 6. The fourth-order valence-corrected chi connectivity index (χ4v) is 4.90. The number of morpholine rings is 1. The molecule has 4 aromatic rings. The van der Waals surface area contributed by atoms with Gasteiger partial charge in [-0.3, -0.25) is 10.00 Å². The number of anilines is 1. The minimum absolute atomic E-state index is 0.690. The molecule has 0 spiro atoms. The summed E-state index contributed by atoms with van der Waals surface area (Å²) in [4.78, 5) is 19.5. The average molecular weight is 424 g/mol. The molecule has 1 aliphatic rings. The average Bonchev–Trinajstić information content (AvgIpc) is 3.43. The molecule has 3 aromatic heterocycles. The van der Waals surface area contributed by atoms with E-state index in [9.17, 15) is 0 Å². The summed E-state index contributed by atoms with van der Waals surface area (Å²) in [5.74, 6) is 1.65. The largest absolute Gasteiger partial charge is 0.378 e. The molecule has 1 saturated heterocycles. The maximum Gasteiger partial charge on any atom is 0.176 e. The summed E-state index contributed by atoms with van der Waals surface area (Å²) >= 11 is 1.71. The molecule has 0 atom stereocenters. The van der Waals surface area contributed by atoms with Crippen molar-refractivity contribution in [3.05, 3.63) is 29.4 Å². The van der Waals surface area contributed by atoms with Crippen LogP contribution in [0.4, 0.5) is 5.82 Å². The molecule has 1 aromatic carbocycles. The van der Waals surface area contributed by atoms with Gasteiger partial charge in [-0.05, 0) is 19.2 Å². The van der Waals surface area contributed by atoms with Gasteiger partial charge in [0.2, 0.25) is 0 Å². The van der Waals surface area contributed by atoms with Crippen molar-refractivity contribution in [3.63, 3.8) is 0 Å². The second-order valence-electron chi connectivity index (χ2n) is 7.33. The normalized spacial score (nSPS) is 15.0. The first-order valence-corrected chi connectivity index (χ1v) is 11.2. The summed E-state index contributed by atoms with van der Waals surface area (Å²) in [5, 5.41) is 9.32. The van der Waals surface area contributed by atoms with Gasteiger partial charge in [-0.1, -0.05) is 26.0 Å². The zero-order chi connectivity index (χ0) is 20.5. The summed E-state index contributed by atoms with van der Waals surface area (Å²) in [5.41, 5.74) is 2.72. The number of benzene rings is 1. The Bertz CT molecular complexity index is 1160. The Morgan fingerprint density at radius 1 is 1.13 bits per heavy atom. The van der Waals surface area contributed by atoms with E-state index in [0.717, 1.165) is 70.4 Å². The van der Waals surface area contributed by atoms with Crippen LogP contribution in [0.5, 0.6) is 0 Å². The fraction of sp³-hybridized carbons (Fsp3) is 0.429. The van der Waals surface area contributed by atoms with Crippen LogP contribution in [-0.2, 0) is 11.3 Å². The number of ether oxygens (including phenoxy) is 1. The Hall–Kier alpha value is -2.62. The van der Waals surface area contributed by atoms with Crippen molar-refractivity contribution in [2.24, 2.45) is 0 Å². The number of aromatic amines is 1. The number of aromatic nitrogens is 5. The molecule has 0 saturated carbocycles. The number of hydrogen-bond acceptors (Lipinski definition) is 8. The van der Waals surface area contributed by atoms with E-state index in [2.05, 4.69) is 33.8 Å². The van der Waals surface area contributed by atoms with Crippen molar-refractivity contribution < 1.29 is 4.74 Å². The van der Waals surface area contributed by atoms with E-state index >= 15 is 0 Å². The van der Waals surface area contributed by atoms with E-state index in [1.807, 2.05) is 24.4 Å². The number of fused-ring (bicyclic) bond motifs is 2. The molecule has 1 N–H and O–H groups in total. The molecule has 1 aliphatic heterocycles. The Balaban J connectivity index is 1.65. The van der Waals surface area contributed by atoms with Gasteiger partial charge in [-0.25, -0.2) is 15.0 Å². The Kier molecular flexibility index (Phi) is 5.32. The van der Waals surface area contributed by atoms with Crippen LogP contribution in [0.15, 0.2) is 24.4 Å². The van der Waals surface area contributed by atoms with Crippen molar-refractivity contribution in [1.82, 2.24) is 30.0 Å². The number of thiazole rings is 1. The highest BCUT2D eigenvalue weighted by atomic mass is 32.1.